The molecule has 1 N–H and O–H groups in total. The highest BCUT2D eigenvalue weighted by Crippen LogP contribution is 2.58. The largest absolute Gasteiger partial charge is 0.460 e. The predicted octanol–water partition coefficient (Wildman–Crippen LogP) is 10.8. The predicted molar refractivity (Wildman–Crippen MR) is 100.0 cm³/mol. The molecule has 0 atom stereocenters. The Labute approximate surface area is 312 Å². The van der Waals surface area contributed by atoms with Gasteiger partial charge in [-0.1, -0.05) is 0 Å². The molecule has 0 amide bonds. The van der Waals surface area contributed by atoms with Gasteiger partial charge in [-0.3, -0.25) is 0 Å². The third kappa shape index (κ3) is 11.6. The minimum Gasteiger partial charge on any atom is -0.329 e. The minimum atomic E-state index is -8.65. The lowest BCUT2D eigenvalue weighted by molar-refractivity contribution is -0.600. The highest BCUT2D eigenvalue weighted by molar-refractivity contribution is 4.97. The number of rotatable bonds is 23. The molecule has 0 saturated heterocycles. The van der Waals surface area contributed by atoms with Crippen molar-refractivity contribution in [3.63, 3.8) is 0 Å². The summed E-state index contributed by atoms with van der Waals surface area (Å²) in [6.45, 7) is 0. The van der Waals surface area contributed by atoms with E-state index in [1.54, 1.807) is 0 Å². The lowest BCUT2D eigenvalue weighted by Crippen LogP contribution is -2.65. The molecule has 0 aromatic heterocycles. The molecule has 0 heterocycles. The van der Waals surface area contributed by atoms with Gasteiger partial charge in [0, 0.05) is 0 Å². The third-order valence-electron chi connectivity index (χ3n) is 5.29. The smallest absolute Gasteiger partial charge is 0.329 e. The third-order valence-corrected chi connectivity index (χ3v) is 5.29. The van der Waals surface area contributed by atoms with Crippen molar-refractivity contribution in [2.75, 3.05) is 0 Å². The number of aliphatic hydroxyl groups is 1. The Morgan fingerprint density at radius 1 is 0.175 bits per heavy atom. The van der Waals surface area contributed by atoms with Gasteiger partial charge in [0.05, 0.1) is 0 Å². The molecule has 0 unspecified atom stereocenters. The lowest BCUT2D eigenvalue weighted by atomic mass is 10.1. The average Bonchev–Trinajstić information content (AvgIpc) is 2.91. The maximum atomic E-state index is 13.5. The first-order valence-corrected chi connectivity index (χ1v) is 12.6. The zero-order chi connectivity index (χ0) is 51.9. The van der Waals surface area contributed by atoms with Gasteiger partial charge in [0.25, 0.3) is 0 Å². The van der Waals surface area contributed by atoms with E-state index in [9.17, 15) is 162 Å². The van der Waals surface area contributed by atoms with Gasteiger partial charge in [-0.2, -0.15) is 162 Å². The van der Waals surface area contributed by atoms with Crippen molar-refractivity contribution in [3.05, 3.63) is 0 Å². The second-order valence-corrected chi connectivity index (χ2v) is 10.1. The average molecular weight is 1050 g/mol. The van der Waals surface area contributed by atoms with Crippen molar-refractivity contribution >= 4 is 0 Å². The SMILES string of the molecule is OC(F)(F)C(F)(F)OC(F)(F)C(F)(F)OC(F)(F)C(F)(F)OC(F)(F)C(F)(F)OC(F)(F)C(F)(F)OC(F)(F)C(F)(F)OC(F)(F)C(F)(F)OC(F)(F)C(F)(F)C(F)(F)C(F)(F)F. The van der Waals surface area contributed by atoms with E-state index >= 15 is 0 Å². The Morgan fingerprint density at radius 3 is 0.429 bits per heavy atom. The van der Waals surface area contributed by atoms with Crippen LogP contribution in [-0.4, -0.2) is 115 Å². The first-order valence-electron chi connectivity index (χ1n) is 12.6. The van der Waals surface area contributed by atoms with Gasteiger partial charge in [-0.15, -0.1) is 0 Å². The summed E-state index contributed by atoms with van der Waals surface area (Å²) in [7, 11) is 0. The second kappa shape index (κ2) is 15.9. The van der Waals surface area contributed by atoms with Crippen LogP contribution in [0.2, 0.25) is 0 Å². The van der Waals surface area contributed by atoms with Gasteiger partial charge in [0.1, 0.15) is 0 Å². The topological polar surface area (TPSA) is 84.8 Å². The molecule has 63 heavy (non-hydrogen) atoms. The zero-order valence-corrected chi connectivity index (χ0v) is 26.3. The standard InChI is InChI=1S/C18HF37O8/c19-1(20,3(23,24)25)2(21,22)5(28,29)57-7(32,33)9(36,37)59-11(40,41)13(44,45)61-15(48,49)17(52,53)63-18(54,55)16(50,51)62-14(46,47)12(42,43)60-10(38,39)8(34,35)58-6(30,31)4(26,27)56/h56H. The first-order chi connectivity index (χ1) is 26.4. The van der Waals surface area contributed by atoms with Gasteiger partial charge in [0.2, 0.25) is 0 Å². The summed E-state index contributed by atoms with van der Waals surface area (Å²) in [4.78, 5) is 0. The molecule has 0 aliphatic heterocycles. The van der Waals surface area contributed by atoms with Crippen molar-refractivity contribution in [2.45, 2.75) is 110 Å². The summed E-state index contributed by atoms with van der Waals surface area (Å²) in [6.07, 6.45) is -133. The number of ether oxygens (including phenoxy) is 7. The van der Waals surface area contributed by atoms with Crippen LogP contribution in [-0.2, 0) is 33.2 Å². The number of hydrogen-bond acceptors (Lipinski definition) is 8. The van der Waals surface area contributed by atoms with Crippen molar-refractivity contribution in [1.82, 2.24) is 0 Å². The Morgan fingerprint density at radius 2 is 0.302 bits per heavy atom. The molecule has 0 saturated carbocycles. The molecule has 0 radical (unpaired) electrons. The quantitative estimate of drug-likeness (QED) is 0.101. The van der Waals surface area contributed by atoms with Crippen LogP contribution in [0.25, 0.3) is 0 Å². The maximum Gasteiger partial charge on any atom is 0.460 e. The van der Waals surface area contributed by atoms with E-state index in [0.29, 0.717) is 0 Å². The van der Waals surface area contributed by atoms with Crippen LogP contribution in [0, 0.1) is 0 Å². The summed E-state index contributed by atoms with van der Waals surface area (Å²) in [5.41, 5.74) is 0. The van der Waals surface area contributed by atoms with Crippen LogP contribution in [0.1, 0.15) is 0 Å². The molecule has 0 aromatic carbocycles. The minimum absolute atomic E-state index is 0.870. The molecular weight excluding hydrogens is 1050 g/mol. The van der Waals surface area contributed by atoms with Crippen LogP contribution >= 0.6 is 0 Å². The van der Waals surface area contributed by atoms with Crippen molar-refractivity contribution in [3.8, 4) is 0 Å². The summed E-state index contributed by atoms with van der Waals surface area (Å²) in [5, 5.41) is 7.51. The summed E-state index contributed by atoms with van der Waals surface area (Å²) in [5.74, 6) is -17.0. The molecule has 8 nitrogen and oxygen atoms in total. The van der Waals surface area contributed by atoms with E-state index < -0.39 is 110 Å². The molecule has 0 aromatic rings. The normalized spacial score (nSPS) is 16.9. The lowest BCUT2D eigenvalue weighted by Gasteiger charge is -2.38. The molecule has 0 aliphatic carbocycles. The zero-order valence-electron chi connectivity index (χ0n) is 26.3. The Kier molecular flexibility index (Phi) is 15.1. The molecule has 0 aliphatic rings. The molecule has 0 bridgehead atoms. The van der Waals surface area contributed by atoms with Crippen LogP contribution in [0.3, 0.4) is 0 Å². The fourth-order valence-corrected chi connectivity index (χ4v) is 2.33. The van der Waals surface area contributed by atoms with Crippen LogP contribution in [0.5, 0.6) is 0 Å². The van der Waals surface area contributed by atoms with E-state index in [4.69, 9.17) is 5.11 Å². The van der Waals surface area contributed by atoms with Gasteiger partial charge in [-0.05, 0) is 0 Å². The fourth-order valence-electron chi connectivity index (χ4n) is 2.33. The van der Waals surface area contributed by atoms with Crippen LogP contribution in [0.15, 0.2) is 0 Å². The van der Waals surface area contributed by atoms with Gasteiger partial charge < -0.3 is 5.11 Å². The Hall–Kier alpha value is -2.91. The van der Waals surface area contributed by atoms with Gasteiger partial charge >= 0.3 is 110 Å². The molecule has 0 fully saturated rings. The van der Waals surface area contributed by atoms with E-state index in [1.807, 2.05) is 0 Å². The van der Waals surface area contributed by atoms with Crippen LogP contribution in [0.4, 0.5) is 162 Å². The van der Waals surface area contributed by atoms with Crippen molar-refractivity contribution < 1.29 is 201 Å². The van der Waals surface area contributed by atoms with E-state index in [1.165, 1.54) is 4.74 Å². The summed E-state index contributed by atoms with van der Waals surface area (Å²) >= 11 is 0. The fraction of sp³-hybridized carbons (Fsp3) is 1.00. The molecule has 0 rings (SSSR count). The molecule has 380 valence electrons. The maximum absolute atomic E-state index is 13.5. The Balaban J connectivity index is 6.56. The Bertz CT molecular complexity index is 1580. The van der Waals surface area contributed by atoms with Crippen molar-refractivity contribution in [1.29, 1.82) is 0 Å². The molecule has 0 spiro atoms. The highest BCUT2D eigenvalue weighted by atomic mass is 19.4. The second-order valence-electron chi connectivity index (χ2n) is 10.1. The van der Waals surface area contributed by atoms with Crippen LogP contribution < -0.4 is 0 Å². The van der Waals surface area contributed by atoms with E-state index in [0.717, 1.165) is 28.4 Å². The van der Waals surface area contributed by atoms with E-state index in [2.05, 4.69) is 0 Å². The van der Waals surface area contributed by atoms with Gasteiger partial charge in [0.15, 0.2) is 0 Å². The first kappa shape index (κ1) is 60.1. The number of alkyl halides is 37. The number of halogens is 37. The summed E-state index contributed by atoms with van der Waals surface area (Å²) in [6, 6.07) is 0. The highest BCUT2D eigenvalue weighted by Gasteiger charge is 2.86. The monoisotopic (exact) mass is 1050 g/mol. The van der Waals surface area contributed by atoms with Crippen molar-refractivity contribution in [2.24, 2.45) is 0 Å². The molecule has 45 heteroatoms. The number of hydrogen-bond donors (Lipinski definition) is 1. The van der Waals surface area contributed by atoms with E-state index in [-0.39, 0.29) is 0 Å². The summed E-state index contributed by atoms with van der Waals surface area (Å²) < 4.78 is 491. The van der Waals surface area contributed by atoms with Gasteiger partial charge in [-0.25, -0.2) is 33.2 Å². The molecular formula is C18HF37O8.